The highest BCUT2D eigenvalue weighted by Gasteiger charge is 2.24. The first kappa shape index (κ1) is 29.9. The third kappa shape index (κ3) is 11.6. The summed E-state index contributed by atoms with van der Waals surface area (Å²) in [6.45, 7) is 5.10. The predicted molar refractivity (Wildman–Crippen MR) is 138 cm³/mol. The van der Waals surface area contributed by atoms with Gasteiger partial charge in [0.2, 0.25) is 0 Å². The number of carbonyl (C=O) groups is 4. The number of alkyl carbamates (subject to hydrolysis) is 2. The fraction of sp³-hybridized carbons (Fsp3) is 0.357. The lowest BCUT2D eigenvalue weighted by molar-refractivity contribution is -0.150. The molecule has 0 aromatic heterocycles. The maximum atomic E-state index is 12.7. The maximum absolute atomic E-state index is 12.7. The standard InChI is InChI=1S/C28H34N2O8/c1-28(2,3)38-25(32)23(30-27(34)37-19-21-14-9-6-10-15-21)17-11-16-22(24(31)35-4)29-26(33)36-18-20-12-7-5-8-13-20/h5-10,12-15,17,22H,11,16,18-19H2,1-4H3,(H,29,33)(H,30,34)/b23-17+/t22-/m0/s1. The van der Waals surface area contributed by atoms with Crippen molar-refractivity contribution < 1.29 is 38.1 Å². The number of allylic oxidation sites excluding steroid dienone is 1. The number of rotatable bonds is 11. The van der Waals surface area contributed by atoms with Crippen LogP contribution in [-0.2, 0) is 41.8 Å². The first-order chi connectivity index (χ1) is 18.1. The van der Waals surface area contributed by atoms with Crippen LogP contribution in [-0.4, -0.2) is 42.9 Å². The molecule has 0 saturated heterocycles. The second kappa shape index (κ2) is 15.0. The van der Waals surface area contributed by atoms with Crippen molar-refractivity contribution in [3.05, 3.63) is 83.6 Å². The maximum Gasteiger partial charge on any atom is 0.412 e. The van der Waals surface area contributed by atoms with Crippen molar-refractivity contribution in [3.8, 4) is 0 Å². The molecular formula is C28H34N2O8. The molecule has 0 fully saturated rings. The molecule has 0 aliphatic rings. The van der Waals surface area contributed by atoms with Crippen molar-refractivity contribution in [2.75, 3.05) is 7.11 Å². The molecule has 0 heterocycles. The molecule has 2 rings (SSSR count). The summed E-state index contributed by atoms with van der Waals surface area (Å²) < 4.78 is 20.5. The van der Waals surface area contributed by atoms with E-state index in [2.05, 4.69) is 10.6 Å². The average molecular weight is 527 g/mol. The van der Waals surface area contributed by atoms with Crippen molar-refractivity contribution in [1.82, 2.24) is 10.6 Å². The van der Waals surface area contributed by atoms with Gasteiger partial charge in [-0.2, -0.15) is 0 Å². The number of hydrogen-bond donors (Lipinski definition) is 2. The topological polar surface area (TPSA) is 129 Å². The Morgan fingerprint density at radius 1 is 0.842 bits per heavy atom. The van der Waals surface area contributed by atoms with Crippen molar-refractivity contribution in [3.63, 3.8) is 0 Å². The van der Waals surface area contributed by atoms with E-state index in [9.17, 15) is 19.2 Å². The molecule has 10 heteroatoms. The lowest BCUT2D eigenvalue weighted by Gasteiger charge is -2.21. The van der Waals surface area contributed by atoms with E-state index in [1.54, 1.807) is 45.0 Å². The molecule has 0 unspecified atom stereocenters. The minimum Gasteiger partial charge on any atom is -0.467 e. The number of carbonyl (C=O) groups excluding carboxylic acids is 4. The molecule has 0 radical (unpaired) electrons. The molecule has 2 aromatic rings. The highest BCUT2D eigenvalue weighted by atomic mass is 16.6. The van der Waals surface area contributed by atoms with Gasteiger partial charge in [-0.1, -0.05) is 66.7 Å². The van der Waals surface area contributed by atoms with E-state index in [-0.39, 0.29) is 31.8 Å². The minimum absolute atomic E-state index is 0.00764. The number of hydrogen-bond acceptors (Lipinski definition) is 8. The third-order valence-electron chi connectivity index (χ3n) is 4.86. The molecule has 0 spiro atoms. The van der Waals surface area contributed by atoms with Gasteiger partial charge in [-0.15, -0.1) is 0 Å². The summed E-state index contributed by atoms with van der Waals surface area (Å²) in [5.41, 5.74) is 0.585. The van der Waals surface area contributed by atoms with Crippen LogP contribution in [0.2, 0.25) is 0 Å². The molecule has 2 N–H and O–H groups in total. The van der Waals surface area contributed by atoms with E-state index in [0.717, 1.165) is 11.1 Å². The number of ether oxygens (including phenoxy) is 4. The van der Waals surface area contributed by atoms with Crippen LogP contribution in [0.1, 0.15) is 44.7 Å². The fourth-order valence-corrected chi connectivity index (χ4v) is 3.08. The zero-order chi connectivity index (χ0) is 28.0. The number of esters is 2. The SMILES string of the molecule is COC(=O)[C@H](CC/C=C(/NC(=O)OCc1ccccc1)C(=O)OC(C)(C)C)NC(=O)OCc1ccccc1. The zero-order valence-corrected chi connectivity index (χ0v) is 22.0. The smallest absolute Gasteiger partial charge is 0.412 e. The molecule has 2 aromatic carbocycles. The fourth-order valence-electron chi connectivity index (χ4n) is 3.08. The van der Waals surface area contributed by atoms with E-state index >= 15 is 0 Å². The van der Waals surface area contributed by atoms with E-state index in [4.69, 9.17) is 18.9 Å². The summed E-state index contributed by atoms with van der Waals surface area (Å²) >= 11 is 0. The summed E-state index contributed by atoms with van der Waals surface area (Å²) in [4.78, 5) is 49.5. The Kier molecular flexibility index (Phi) is 11.8. The quantitative estimate of drug-likeness (QED) is 0.251. The van der Waals surface area contributed by atoms with Crippen LogP contribution in [0.4, 0.5) is 9.59 Å². The Morgan fingerprint density at radius 2 is 1.37 bits per heavy atom. The number of benzene rings is 2. The molecule has 1 atom stereocenters. The molecule has 0 bridgehead atoms. The van der Waals surface area contributed by atoms with Crippen LogP contribution in [0.5, 0.6) is 0 Å². The Hall–Kier alpha value is -4.34. The lowest BCUT2D eigenvalue weighted by Crippen LogP contribution is -2.41. The minimum atomic E-state index is -1.05. The van der Waals surface area contributed by atoms with Crippen LogP contribution in [0.15, 0.2) is 72.4 Å². The first-order valence-corrected chi connectivity index (χ1v) is 12.0. The van der Waals surface area contributed by atoms with Gasteiger partial charge in [0.05, 0.1) is 7.11 Å². The van der Waals surface area contributed by atoms with Gasteiger partial charge < -0.3 is 24.3 Å². The zero-order valence-electron chi connectivity index (χ0n) is 22.0. The van der Waals surface area contributed by atoms with Crippen LogP contribution in [0.25, 0.3) is 0 Å². The number of amides is 2. The van der Waals surface area contributed by atoms with E-state index in [0.29, 0.717) is 0 Å². The van der Waals surface area contributed by atoms with Crippen LogP contribution in [0.3, 0.4) is 0 Å². The normalized spacial score (nSPS) is 12.1. The van der Waals surface area contributed by atoms with E-state index in [1.165, 1.54) is 13.2 Å². The predicted octanol–water partition coefficient (Wildman–Crippen LogP) is 4.39. The molecule has 204 valence electrons. The molecule has 10 nitrogen and oxygen atoms in total. The van der Waals surface area contributed by atoms with Gasteiger partial charge in [-0.05, 0) is 44.7 Å². The molecule has 0 saturated carbocycles. The van der Waals surface area contributed by atoms with Crippen molar-refractivity contribution in [2.24, 2.45) is 0 Å². The van der Waals surface area contributed by atoms with Gasteiger partial charge in [0, 0.05) is 0 Å². The van der Waals surface area contributed by atoms with E-state index < -0.39 is 35.8 Å². The summed E-state index contributed by atoms with van der Waals surface area (Å²) in [7, 11) is 1.19. The highest BCUT2D eigenvalue weighted by molar-refractivity contribution is 5.92. The number of methoxy groups -OCH3 is 1. The highest BCUT2D eigenvalue weighted by Crippen LogP contribution is 2.12. The summed E-state index contributed by atoms with van der Waals surface area (Å²) in [5, 5.41) is 4.87. The Morgan fingerprint density at radius 3 is 1.87 bits per heavy atom. The summed E-state index contributed by atoms with van der Waals surface area (Å²) in [6, 6.07) is 17.1. The average Bonchev–Trinajstić information content (AvgIpc) is 2.89. The van der Waals surface area contributed by atoms with Crippen molar-refractivity contribution in [2.45, 2.75) is 58.5 Å². The van der Waals surface area contributed by atoms with Crippen LogP contribution >= 0.6 is 0 Å². The van der Waals surface area contributed by atoms with Gasteiger partial charge in [0.25, 0.3) is 0 Å². The molecule has 2 amide bonds. The van der Waals surface area contributed by atoms with Gasteiger partial charge in [0.1, 0.15) is 30.6 Å². The molecule has 0 aliphatic carbocycles. The van der Waals surface area contributed by atoms with Crippen molar-refractivity contribution >= 4 is 24.1 Å². The van der Waals surface area contributed by atoms with Gasteiger partial charge in [-0.3, -0.25) is 5.32 Å². The van der Waals surface area contributed by atoms with E-state index in [1.807, 2.05) is 36.4 Å². The summed E-state index contributed by atoms with van der Waals surface area (Å²) in [5.74, 6) is -1.47. The monoisotopic (exact) mass is 526 g/mol. The molecular weight excluding hydrogens is 492 g/mol. The summed E-state index contributed by atoms with van der Waals surface area (Å²) in [6.07, 6.45) is -0.0988. The Labute approximate surface area is 222 Å². The Balaban J connectivity index is 2.01. The Bertz CT molecular complexity index is 1090. The largest absolute Gasteiger partial charge is 0.467 e. The third-order valence-corrected chi connectivity index (χ3v) is 4.86. The second-order valence-corrected chi connectivity index (χ2v) is 9.17. The van der Waals surface area contributed by atoms with Gasteiger partial charge in [0.15, 0.2) is 0 Å². The van der Waals surface area contributed by atoms with Crippen molar-refractivity contribution in [1.29, 1.82) is 0 Å². The first-order valence-electron chi connectivity index (χ1n) is 12.0. The second-order valence-electron chi connectivity index (χ2n) is 9.17. The van der Waals surface area contributed by atoms with Crippen LogP contribution in [0, 0.1) is 0 Å². The number of nitrogens with one attached hydrogen (secondary N) is 2. The van der Waals surface area contributed by atoms with Crippen LogP contribution < -0.4 is 10.6 Å². The molecule has 38 heavy (non-hydrogen) atoms. The van der Waals surface area contributed by atoms with Gasteiger partial charge >= 0.3 is 24.1 Å². The lowest BCUT2D eigenvalue weighted by atomic mass is 10.1. The molecule has 0 aliphatic heterocycles. The van der Waals surface area contributed by atoms with Gasteiger partial charge in [-0.25, -0.2) is 19.2 Å².